The van der Waals surface area contributed by atoms with Gasteiger partial charge in [0.25, 0.3) is 0 Å². The normalized spacial score (nSPS) is 10.0. The number of nitrogens with one attached hydrogen (secondary N) is 2. The molecule has 0 saturated heterocycles. The Bertz CT molecular complexity index is 446. The van der Waals surface area contributed by atoms with Gasteiger partial charge in [0.15, 0.2) is 0 Å². The molecule has 2 amide bonds. The molecular formula is C12H14Cl2N2O3. The highest BCUT2D eigenvalue weighted by Crippen LogP contribution is 2.24. The molecule has 0 aliphatic carbocycles. The van der Waals surface area contributed by atoms with Crippen molar-refractivity contribution in [3.05, 3.63) is 33.8 Å². The highest BCUT2D eigenvalue weighted by molar-refractivity contribution is 6.35. The van der Waals surface area contributed by atoms with Gasteiger partial charge in [-0.15, -0.1) is 0 Å². The topological polar surface area (TPSA) is 78.4 Å². The van der Waals surface area contributed by atoms with Gasteiger partial charge in [-0.25, -0.2) is 4.79 Å². The molecule has 0 spiro atoms. The Hall–Kier alpha value is -1.46. The SMILES string of the molecule is O=C(O)CCNC(=O)NCCc1c(Cl)cccc1Cl. The lowest BCUT2D eigenvalue weighted by Gasteiger charge is -2.09. The molecule has 5 nitrogen and oxygen atoms in total. The summed E-state index contributed by atoms with van der Waals surface area (Å²) in [5.41, 5.74) is 0.775. The lowest BCUT2D eigenvalue weighted by atomic mass is 10.1. The summed E-state index contributed by atoms with van der Waals surface area (Å²) >= 11 is 12.0. The fraction of sp³-hybridized carbons (Fsp3) is 0.333. The molecule has 104 valence electrons. The summed E-state index contributed by atoms with van der Waals surface area (Å²) in [5.74, 6) is -0.955. The maximum Gasteiger partial charge on any atom is 0.314 e. The second kappa shape index (κ2) is 7.86. The van der Waals surface area contributed by atoms with Crippen molar-refractivity contribution in [1.29, 1.82) is 0 Å². The number of carbonyl (C=O) groups is 2. The van der Waals surface area contributed by atoms with Crippen LogP contribution in [0.15, 0.2) is 18.2 Å². The first-order valence-electron chi connectivity index (χ1n) is 5.67. The lowest BCUT2D eigenvalue weighted by molar-refractivity contribution is -0.136. The van der Waals surface area contributed by atoms with E-state index in [4.69, 9.17) is 28.3 Å². The van der Waals surface area contributed by atoms with E-state index in [0.29, 0.717) is 23.0 Å². The summed E-state index contributed by atoms with van der Waals surface area (Å²) in [4.78, 5) is 21.6. The number of carboxylic acids is 1. The molecule has 19 heavy (non-hydrogen) atoms. The van der Waals surface area contributed by atoms with Crippen molar-refractivity contribution in [2.24, 2.45) is 0 Å². The monoisotopic (exact) mass is 304 g/mol. The first-order chi connectivity index (χ1) is 9.00. The number of urea groups is 1. The van der Waals surface area contributed by atoms with Crippen molar-refractivity contribution in [2.75, 3.05) is 13.1 Å². The third-order valence-electron chi connectivity index (χ3n) is 2.35. The van der Waals surface area contributed by atoms with Crippen LogP contribution >= 0.6 is 23.2 Å². The number of amides is 2. The minimum absolute atomic E-state index is 0.0913. The Morgan fingerprint density at radius 3 is 2.26 bits per heavy atom. The average molecular weight is 305 g/mol. The van der Waals surface area contributed by atoms with Crippen LogP contribution in [0.3, 0.4) is 0 Å². The zero-order valence-corrected chi connectivity index (χ0v) is 11.6. The summed E-state index contributed by atoms with van der Waals surface area (Å²) in [5, 5.41) is 14.6. The second-order valence-electron chi connectivity index (χ2n) is 3.78. The van der Waals surface area contributed by atoms with E-state index in [1.54, 1.807) is 18.2 Å². The van der Waals surface area contributed by atoms with Gasteiger partial charge in [0.05, 0.1) is 6.42 Å². The molecule has 3 N–H and O–H groups in total. The Morgan fingerprint density at radius 2 is 1.68 bits per heavy atom. The Labute approximate surface area is 120 Å². The minimum atomic E-state index is -0.955. The van der Waals surface area contributed by atoms with Crippen LogP contribution in [0.2, 0.25) is 10.0 Å². The quantitative estimate of drug-likeness (QED) is 0.754. The number of aliphatic carboxylic acids is 1. The zero-order chi connectivity index (χ0) is 14.3. The Kier molecular flexibility index (Phi) is 6.45. The molecule has 0 heterocycles. The molecule has 0 fully saturated rings. The Morgan fingerprint density at radius 1 is 1.11 bits per heavy atom. The number of benzene rings is 1. The molecule has 7 heteroatoms. The van der Waals surface area contributed by atoms with Crippen molar-refractivity contribution in [1.82, 2.24) is 10.6 Å². The van der Waals surface area contributed by atoms with Gasteiger partial charge in [-0.2, -0.15) is 0 Å². The van der Waals surface area contributed by atoms with Crippen molar-refractivity contribution in [3.8, 4) is 0 Å². The largest absolute Gasteiger partial charge is 0.481 e. The summed E-state index contributed by atoms with van der Waals surface area (Å²) in [6.07, 6.45) is 0.397. The molecule has 0 aliphatic rings. The average Bonchev–Trinajstić information content (AvgIpc) is 2.32. The van der Waals surface area contributed by atoms with Crippen LogP contribution in [0.1, 0.15) is 12.0 Å². The summed E-state index contributed by atoms with van der Waals surface area (Å²) in [6, 6.07) is 4.80. The number of hydrogen-bond acceptors (Lipinski definition) is 2. The highest BCUT2D eigenvalue weighted by Gasteiger charge is 2.06. The molecule has 1 aromatic rings. The van der Waals surface area contributed by atoms with Gasteiger partial charge in [-0.05, 0) is 24.1 Å². The standard InChI is InChI=1S/C12H14Cl2N2O3/c13-9-2-1-3-10(14)8(9)4-6-15-12(19)16-7-5-11(17)18/h1-3H,4-7H2,(H,17,18)(H2,15,16,19). The van der Waals surface area contributed by atoms with Crippen LogP contribution < -0.4 is 10.6 Å². The minimum Gasteiger partial charge on any atom is -0.481 e. The molecular weight excluding hydrogens is 291 g/mol. The molecule has 0 bridgehead atoms. The molecule has 0 unspecified atom stereocenters. The molecule has 0 radical (unpaired) electrons. The highest BCUT2D eigenvalue weighted by atomic mass is 35.5. The predicted octanol–water partition coefficient (Wildman–Crippen LogP) is 2.31. The van der Waals surface area contributed by atoms with E-state index in [1.165, 1.54) is 0 Å². The van der Waals surface area contributed by atoms with Gasteiger partial charge in [0, 0.05) is 23.1 Å². The van der Waals surface area contributed by atoms with E-state index in [0.717, 1.165) is 5.56 Å². The Balaban J connectivity index is 2.30. The van der Waals surface area contributed by atoms with Crippen LogP contribution in [0.4, 0.5) is 4.79 Å². The van der Waals surface area contributed by atoms with Gasteiger partial charge in [-0.1, -0.05) is 29.3 Å². The fourth-order valence-corrected chi connectivity index (χ4v) is 2.00. The molecule has 0 saturated carbocycles. The third-order valence-corrected chi connectivity index (χ3v) is 3.05. The van der Waals surface area contributed by atoms with Gasteiger partial charge in [-0.3, -0.25) is 4.79 Å². The third kappa shape index (κ3) is 5.81. The number of carboxylic acid groups (broad SMARTS) is 1. The summed E-state index contributed by atoms with van der Waals surface area (Å²) < 4.78 is 0. The van der Waals surface area contributed by atoms with Gasteiger partial charge < -0.3 is 15.7 Å². The van der Waals surface area contributed by atoms with Crippen molar-refractivity contribution < 1.29 is 14.7 Å². The van der Waals surface area contributed by atoms with Crippen molar-refractivity contribution in [2.45, 2.75) is 12.8 Å². The van der Waals surface area contributed by atoms with Crippen LogP contribution in [0, 0.1) is 0 Å². The number of rotatable bonds is 6. The van der Waals surface area contributed by atoms with E-state index < -0.39 is 12.0 Å². The van der Waals surface area contributed by atoms with Crippen molar-refractivity contribution in [3.63, 3.8) is 0 Å². The predicted molar refractivity (Wildman–Crippen MR) is 73.8 cm³/mol. The maximum atomic E-state index is 11.3. The molecule has 0 aliphatic heterocycles. The number of carbonyl (C=O) groups excluding carboxylic acids is 1. The fourth-order valence-electron chi connectivity index (χ4n) is 1.42. The van der Waals surface area contributed by atoms with Crippen LogP contribution in [0.5, 0.6) is 0 Å². The number of halogens is 2. The first-order valence-corrected chi connectivity index (χ1v) is 6.42. The molecule has 0 atom stereocenters. The van der Waals surface area contributed by atoms with E-state index in [2.05, 4.69) is 10.6 Å². The lowest BCUT2D eigenvalue weighted by Crippen LogP contribution is -2.37. The number of hydrogen-bond donors (Lipinski definition) is 3. The van der Waals surface area contributed by atoms with Crippen LogP contribution in [-0.2, 0) is 11.2 Å². The molecule has 0 aromatic heterocycles. The smallest absolute Gasteiger partial charge is 0.314 e. The molecule has 1 rings (SSSR count). The van der Waals surface area contributed by atoms with E-state index >= 15 is 0 Å². The first kappa shape index (κ1) is 15.6. The van der Waals surface area contributed by atoms with Crippen LogP contribution in [-0.4, -0.2) is 30.2 Å². The van der Waals surface area contributed by atoms with Crippen LogP contribution in [0.25, 0.3) is 0 Å². The zero-order valence-electron chi connectivity index (χ0n) is 10.1. The molecule has 1 aromatic carbocycles. The van der Waals surface area contributed by atoms with Crippen molar-refractivity contribution >= 4 is 35.2 Å². The summed E-state index contributed by atoms with van der Waals surface area (Å²) in [7, 11) is 0. The van der Waals surface area contributed by atoms with E-state index in [-0.39, 0.29) is 13.0 Å². The van der Waals surface area contributed by atoms with E-state index in [9.17, 15) is 9.59 Å². The van der Waals surface area contributed by atoms with Gasteiger partial charge in [0.1, 0.15) is 0 Å². The van der Waals surface area contributed by atoms with Gasteiger partial charge >= 0.3 is 12.0 Å². The van der Waals surface area contributed by atoms with E-state index in [1.807, 2.05) is 0 Å². The second-order valence-corrected chi connectivity index (χ2v) is 4.59. The summed E-state index contributed by atoms with van der Waals surface area (Å²) in [6.45, 7) is 0.455. The maximum absolute atomic E-state index is 11.3. The van der Waals surface area contributed by atoms with Gasteiger partial charge in [0.2, 0.25) is 0 Å².